The van der Waals surface area contributed by atoms with Crippen molar-refractivity contribution >= 4 is 0 Å². The van der Waals surface area contributed by atoms with Crippen molar-refractivity contribution in [1.82, 2.24) is 10.2 Å². The molecule has 0 spiro atoms. The molecule has 0 amide bonds. The second kappa shape index (κ2) is 7.06. The number of benzene rings is 1. The summed E-state index contributed by atoms with van der Waals surface area (Å²) in [6.07, 6.45) is 2.71. The van der Waals surface area contributed by atoms with Gasteiger partial charge in [-0.1, -0.05) is 36.8 Å². The molecule has 2 nitrogen and oxygen atoms in total. The van der Waals surface area contributed by atoms with Gasteiger partial charge in [-0.2, -0.15) is 0 Å². The number of hydrogen-bond donors (Lipinski definition) is 1. The van der Waals surface area contributed by atoms with Gasteiger partial charge in [-0.15, -0.1) is 0 Å². The summed E-state index contributed by atoms with van der Waals surface area (Å²) in [4.78, 5) is 2.62. The van der Waals surface area contributed by atoms with Crippen LogP contribution in [0.1, 0.15) is 37.8 Å². The third-order valence-electron chi connectivity index (χ3n) is 4.30. The maximum Gasteiger partial charge on any atom is 0.0233 e. The maximum atomic E-state index is 3.58. The Morgan fingerprint density at radius 2 is 2.05 bits per heavy atom. The molecule has 0 bridgehead atoms. The van der Waals surface area contributed by atoms with Gasteiger partial charge in [-0.3, -0.25) is 4.90 Å². The van der Waals surface area contributed by atoms with Gasteiger partial charge in [0, 0.05) is 19.1 Å². The minimum absolute atomic E-state index is 0.644. The average Bonchev–Trinajstić information content (AvgIpc) is 2.42. The van der Waals surface area contributed by atoms with Crippen LogP contribution >= 0.6 is 0 Å². The topological polar surface area (TPSA) is 15.3 Å². The highest BCUT2D eigenvalue weighted by Crippen LogP contribution is 2.21. The molecule has 1 aromatic rings. The zero-order valence-electron chi connectivity index (χ0n) is 12.7. The molecule has 106 valence electrons. The minimum atomic E-state index is 0.644. The SMILES string of the molecule is CCNC(C)C1CCCN(Cc2ccc(C)cc2)C1. The molecule has 0 radical (unpaired) electrons. The Labute approximate surface area is 118 Å². The first-order valence-electron chi connectivity index (χ1n) is 7.70. The van der Waals surface area contributed by atoms with Crippen LogP contribution in [0, 0.1) is 12.8 Å². The molecular formula is C17H28N2. The van der Waals surface area contributed by atoms with Crippen molar-refractivity contribution in [3.05, 3.63) is 35.4 Å². The van der Waals surface area contributed by atoms with E-state index in [4.69, 9.17) is 0 Å². The van der Waals surface area contributed by atoms with E-state index < -0.39 is 0 Å². The highest BCUT2D eigenvalue weighted by molar-refractivity contribution is 5.21. The van der Waals surface area contributed by atoms with Crippen LogP contribution in [0.5, 0.6) is 0 Å². The second-order valence-electron chi connectivity index (χ2n) is 5.97. The van der Waals surface area contributed by atoms with Gasteiger partial charge in [0.2, 0.25) is 0 Å². The molecule has 0 saturated carbocycles. The smallest absolute Gasteiger partial charge is 0.0233 e. The molecule has 19 heavy (non-hydrogen) atoms. The third-order valence-corrected chi connectivity index (χ3v) is 4.30. The summed E-state index contributed by atoms with van der Waals surface area (Å²) in [5.74, 6) is 0.805. The van der Waals surface area contributed by atoms with E-state index in [-0.39, 0.29) is 0 Å². The molecule has 0 aromatic heterocycles. The molecule has 1 aliphatic heterocycles. The van der Waals surface area contributed by atoms with Crippen LogP contribution in [0.15, 0.2) is 24.3 Å². The first-order valence-corrected chi connectivity index (χ1v) is 7.70. The predicted octanol–water partition coefficient (Wildman–Crippen LogP) is 3.21. The Bertz CT molecular complexity index is 371. The van der Waals surface area contributed by atoms with Gasteiger partial charge in [-0.05, 0) is 51.3 Å². The first kappa shape index (κ1) is 14.5. The Morgan fingerprint density at radius 1 is 1.32 bits per heavy atom. The summed E-state index contributed by atoms with van der Waals surface area (Å²) in [6, 6.07) is 9.63. The van der Waals surface area contributed by atoms with E-state index in [1.165, 1.54) is 37.1 Å². The monoisotopic (exact) mass is 260 g/mol. The van der Waals surface area contributed by atoms with E-state index >= 15 is 0 Å². The number of rotatable bonds is 5. The van der Waals surface area contributed by atoms with Crippen LogP contribution in [-0.4, -0.2) is 30.6 Å². The van der Waals surface area contributed by atoms with Gasteiger partial charge >= 0.3 is 0 Å². The zero-order valence-corrected chi connectivity index (χ0v) is 12.7. The van der Waals surface area contributed by atoms with Crippen LogP contribution in [0.3, 0.4) is 0 Å². The Kier molecular flexibility index (Phi) is 5.41. The van der Waals surface area contributed by atoms with Gasteiger partial charge < -0.3 is 5.32 Å². The van der Waals surface area contributed by atoms with Crippen LogP contribution in [0.4, 0.5) is 0 Å². The fraction of sp³-hybridized carbons (Fsp3) is 0.647. The number of aryl methyl sites for hydroxylation is 1. The van der Waals surface area contributed by atoms with Gasteiger partial charge in [0.25, 0.3) is 0 Å². The summed E-state index contributed by atoms with van der Waals surface area (Å²) in [5, 5.41) is 3.58. The summed E-state index contributed by atoms with van der Waals surface area (Å²) in [7, 11) is 0. The van der Waals surface area contributed by atoms with E-state index in [2.05, 4.69) is 55.3 Å². The lowest BCUT2D eigenvalue weighted by Crippen LogP contribution is -2.44. The highest BCUT2D eigenvalue weighted by atomic mass is 15.1. The van der Waals surface area contributed by atoms with E-state index in [9.17, 15) is 0 Å². The van der Waals surface area contributed by atoms with Crippen molar-refractivity contribution in [3.8, 4) is 0 Å². The lowest BCUT2D eigenvalue weighted by molar-refractivity contribution is 0.145. The van der Waals surface area contributed by atoms with Crippen molar-refractivity contribution in [2.24, 2.45) is 5.92 Å². The fourth-order valence-electron chi connectivity index (χ4n) is 3.08. The van der Waals surface area contributed by atoms with Crippen LogP contribution in [0.25, 0.3) is 0 Å². The molecular weight excluding hydrogens is 232 g/mol. The van der Waals surface area contributed by atoms with Crippen molar-refractivity contribution in [2.75, 3.05) is 19.6 Å². The average molecular weight is 260 g/mol. The van der Waals surface area contributed by atoms with Gasteiger partial charge in [0.1, 0.15) is 0 Å². The largest absolute Gasteiger partial charge is 0.314 e. The second-order valence-corrected chi connectivity index (χ2v) is 5.97. The van der Waals surface area contributed by atoms with Crippen LogP contribution in [0.2, 0.25) is 0 Å². The lowest BCUT2D eigenvalue weighted by Gasteiger charge is -2.36. The first-order chi connectivity index (χ1) is 9.19. The Hall–Kier alpha value is -0.860. The quantitative estimate of drug-likeness (QED) is 0.874. The van der Waals surface area contributed by atoms with Crippen molar-refractivity contribution < 1.29 is 0 Å². The summed E-state index contributed by atoms with van der Waals surface area (Å²) >= 11 is 0. The summed E-state index contributed by atoms with van der Waals surface area (Å²) in [5.41, 5.74) is 2.79. The highest BCUT2D eigenvalue weighted by Gasteiger charge is 2.23. The Morgan fingerprint density at radius 3 is 2.74 bits per heavy atom. The number of nitrogens with one attached hydrogen (secondary N) is 1. The standard InChI is InChI=1S/C17H28N2/c1-4-18-15(3)17-6-5-11-19(13-17)12-16-9-7-14(2)8-10-16/h7-10,15,17-18H,4-6,11-13H2,1-3H3. The molecule has 1 aliphatic rings. The van der Waals surface area contributed by atoms with Gasteiger partial charge in [-0.25, -0.2) is 0 Å². The molecule has 0 aliphatic carbocycles. The minimum Gasteiger partial charge on any atom is -0.314 e. The number of nitrogens with zero attached hydrogens (tertiary/aromatic N) is 1. The third kappa shape index (κ3) is 4.32. The van der Waals surface area contributed by atoms with E-state index in [0.717, 1.165) is 19.0 Å². The summed E-state index contributed by atoms with van der Waals surface area (Å²) < 4.78 is 0. The molecule has 2 rings (SSSR count). The van der Waals surface area contributed by atoms with E-state index in [1.54, 1.807) is 0 Å². The predicted molar refractivity (Wildman–Crippen MR) is 82.3 cm³/mol. The van der Waals surface area contributed by atoms with Gasteiger partial charge in [0.05, 0.1) is 0 Å². The molecule has 2 unspecified atom stereocenters. The van der Waals surface area contributed by atoms with Crippen molar-refractivity contribution in [2.45, 2.75) is 46.2 Å². The molecule has 1 heterocycles. The van der Waals surface area contributed by atoms with E-state index in [1.807, 2.05) is 0 Å². The van der Waals surface area contributed by atoms with Crippen LogP contribution in [-0.2, 0) is 6.54 Å². The number of likely N-dealkylation sites (tertiary alicyclic amines) is 1. The van der Waals surface area contributed by atoms with Gasteiger partial charge in [0.15, 0.2) is 0 Å². The molecule has 1 N–H and O–H groups in total. The van der Waals surface area contributed by atoms with Crippen molar-refractivity contribution in [1.29, 1.82) is 0 Å². The van der Waals surface area contributed by atoms with Crippen molar-refractivity contribution in [3.63, 3.8) is 0 Å². The number of hydrogen-bond acceptors (Lipinski definition) is 2. The fourth-order valence-corrected chi connectivity index (χ4v) is 3.08. The molecule has 2 heteroatoms. The molecule has 2 atom stereocenters. The maximum absolute atomic E-state index is 3.58. The normalized spacial score (nSPS) is 22.4. The molecule has 1 aromatic carbocycles. The lowest BCUT2D eigenvalue weighted by atomic mass is 9.91. The molecule has 1 fully saturated rings. The molecule has 1 saturated heterocycles. The zero-order chi connectivity index (χ0) is 13.7. The number of piperidine rings is 1. The van der Waals surface area contributed by atoms with Crippen LogP contribution < -0.4 is 5.32 Å². The van der Waals surface area contributed by atoms with E-state index in [0.29, 0.717) is 6.04 Å². The summed E-state index contributed by atoms with van der Waals surface area (Å²) in [6.45, 7) is 11.4. The Balaban J connectivity index is 1.88.